The minimum Gasteiger partial charge on any atom is -0.675 e. The van der Waals surface area contributed by atoms with Gasteiger partial charge in [-0.3, -0.25) is 17.4 Å². The summed E-state index contributed by atoms with van der Waals surface area (Å²) in [6, 6.07) is 7.32. The van der Waals surface area contributed by atoms with Crippen molar-refractivity contribution >= 4 is 22.5 Å². The summed E-state index contributed by atoms with van der Waals surface area (Å²) in [6.07, 6.45) is 7.44. The van der Waals surface area contributed by atoms with Crippen LogP contribution in [0, 0.1) is 18.6 Å². The molecule has 1 aromatic carbocycles. The van der Waals surface area contributed by atoms with Crippen molar-refractivity contribution in [3.8, 4) is 0 Å². The van der Waals surface area contributed by atoms with Gasteiger partial charge in [0.1, 0.15) is 11.0 Å². The van der Waals surface area contributed by atoms with Crippen LogP contribution in [0.5, 0.6) is 0 Å². The van der Waals surface area contributed by atoms with Gasteiger partial charge in [-0.05, 0) is 24.8 Å². The number of hydrogen-bond acceptors (Lipinski definition) is 3. The van der Waals surface area contributed by atoms with Gasteiger partial charge in [0.15, 0.2) is 0 Å². The summed E-state index contributed by atoms with van der Waals surface area (Å²) in [6.45, 7) is 7.82. The predicted octanol–water partition coefficient (Wildman–Crippen LogP) is 0.701. The van der Waals surface area contributed by atoms with Crippen molar-refractivity contribution in [3.63, 3.8) is 0 Å². The average Bonchev–Trinajstić information content (AvgIpc) is 2.73. The van der Waals surface area contributed by atoms with E-state index in [-0.39, 0.29) is 64.4 Å². The Morgan fingerprint density at radius 3 is 2.63 bits per heavy atom. The number of hydrogen-bond donors (Lipinski definition) is 1. The van der Waals surface area contributed by atoms with Crippen molar-refractivity contribution in [2.75, 3.05) is 33.4 Å². The second-order valence-corrected chi connectivity index (χ2v) is 8.29. The summed E-state index contributed by atoms with van der Waals surface area (Å²) in [5.74, 6) is -0.515. The topological polar surface area (TPSA) is 90.6 Å². The third-order valence-corrected chi connectivity index (χ3v) is 6.35. The van der Waals surface area contributed by atoms with Gasteiger partial charge in [0.05, 0.1) is 0 Å². The summed E-state index contributed by atoms with van der Waals surface area (Å²) in [5.41, 5.74) is 9.09. The molecule has 1 atom stereocenters. The second-order valence-electron chi connectivity index (χ2n) is 6.83. The first-order chi connectivity index (χ1) is 14.0. The molecule has 158 valence electrons. The number of nitrogens with zero attached hydrogens (tertiary/aromatic N) is 1. The van der Waals surface area contributed by atoms with E-state index in [0.717, 1.165) is 32.5 Å². The molecule has 1 aliphatic rings. The largest absolute Gasteiger partial charge is 1.00 e. The van der Waals surface area contributed by atoms with Gasteiger partial charge in [-0.1, -0.05) is 23.8 Å². The number of methoxy groups -OCH3 is 1. The minimum absolute atomic E-state index is 0. The molecule has 0 saturated carbocycles. The molecule has 0 bridgehead atoms. The normalized spacial score (nSPS) is 17.3. The van der Waals surface area contributed by atoms with E-state index in [1.165, 1.54) is 6.08 Å². The summed E-state index contributed by atoms with van der Waals surface area (Å²) in [4.78, 5) is 11.5. The van der Waals surface area contributed by atoms with Gasteiger partial charge in [-0.15, -0.1) is 6.54 Å². The molecule has 8 heteroatoms. The number of nitrogens with one attached hydrogen (secondary N) is 1. The number of carboxylic acids is 1. The van der Waals surface area contributed by atoms with E-state index in [4.69, 9.17) is 22.2 Å². The maximum Gasteiger partial charge on any atom is 1.00 e. The average molecular weight is 455 g/mol. The molecule has 1 heterocycles. The zero-order chi connectivity index (χ0) is 21.2. The van der Waals surface area contributed by atoms with Crippen LogP contribution in [0.4, 0.5) is 0 Å². The molecule has 0 aliphatic carbocycles. The fourth-order valence-electron chi connectivity index (χ4n) is 3.22. The van der Waals surface area contributed by atoms with Crippen molar-refractivity contribution in [1.29, 1.82) is 0 Å². The fraction of sp³-hybridized carbons (Fsp3) is 0.409. The van der Waals surface area contributed by atoms with Gasteiger partial charge in [0, 0.05) is 38.1 Å². The zero-order valence-electron chi connectivity index (χ0n) is 17.6. The Morgan fingerprint density at radius 1 is 1.40 bits per heavy atom. The summed E-state index contributed by atoms with van der Waals surface area (Å²) in [7, 11) is 0.363. The van der Waals surface area contributed by atoms with Gasteiger partial charge in [-0.25, -0.2) is 20.7 Å². The van der Waals surface area contributed by atoms with Crippen LogP contribution in [0.25, 0.3) is 11.3 Å². The number of carboxylic acid groups (broad SMARTS) is 1. The molecule has 2 rings (SSSR count). The van der Waals surface area contributed by atoms with E-state index in [1.54, 1.807) is 13.2 Å². The van der Waals surface area contributed by atoms with E-state index in [0.29, 0.717) is 27.5 Å². The van der Waals surface area contributed by atoms with Crippen LogP contribution in [-0.4, -0.2) is 52.9 Å². The van der Waals surface area contributed by atoms with E-state index in [1.807, 2.05) is 28.6 Å². The van der Waals surface area contributed by atoms with Crippen molar-refractivity contribution in [1.82, 2.24) is 4.31 Å². The van der Waals surface area contributed by atoms with Gasteiger partial charge in [0.25, 0.3) is 0 Å². The van der Waals surface area contributed by atoms with Crippen LogP contribution in [0.3, 0.4) is 0 Å². The van der Waals surface area contributed by atoms with E-state index in [9.17, 15) is 9.00 Å². The Balaban J connectivity index is 0.00000450. The smallest absolute Gasteiger partial charge is 0.675 e. The Hall–Kier alpha value is -0.424. The summed E-state index contributed by atoms with van der Waals surface area (Å²) >= 11 is 0. The van der Waals surface area contributed by atoms with Crippen LogP contribution < -0.4 is 51.4 Å². The molecule has 6 nitrogen and oxygen atoms in total. The monoisotopic (exact) mass is 454 g/mol. The Labute approximate surface area is 224 Å². The standard InChI is InChI=1S/C22H27N2O4S.K/c1-3-19(9-8-18(15-23)14-22(25)26)20-6-4-5-7-21(20)29(27)24-12-10-17(11-13-24)16-28-2;/h1,3-7,9,17,23H,10-16H2,2H3,(H,25,26);/q-3;+1/b19-9+;. The molecule has 1 fully saturated rings. The van der Waals surface area contributed by atoms with Gasteiger partial charge < -0.3 is 15.6 Å². The van der Waals surface area contributed by atoms with E-state index >= 15 is 0 Å². The molecule has 0 radical (unpaired) electrons. The zero-order valence-corrected chi connectivity index (χ0v) is 21.5. The molecular formula is C22H27KN2O4S-2. The molecule has 0 amide bonds. The minimum atomic E-state index is -1.34. The molecule has 0 spiro atoms. The summed E-state index contributed by atoms with van der Waals surface area (Å²) < 4.78 is 20.4. The number of rotatable bonds is 10. The molecule has 1 aliphatic heterocycles. The number of piperidine rings is 1. The van der Waals surface area contributed by atoms with Crippen molar-refractivity contribution in [3.05, 3.63) is 65.9 Å². The first-order valence-corrected chi connectivity index (χ1v) is 10.6. The predicted molar refractivity (Wildman–Crippen MR) is 114 cm³/mol. The SMILES string of the molecule is [CH-]=C/C(=C\[C-]=C(C[NH-])CC(=O)O)c1ccccc1S(=O)N1CCC(COC)CC1.[K+]. The van der Waals surface area contributed by atoms with Crippen molar-refractivity contribution in [2.24, 2.45) is 5.92 Å². The fourth-order valence-corrected chi connectivity index (χ4v) is 4.61. The van der Waals surface area contributed by atoms with Gasteiger partial charge in [0.2, 0.25) is 0 Å². The van der Waals surface area contributed by atoms with Crippen molar-refractivity contribution < 1.29 is 70.2 Å². The number of benzene rings is 1. The van der Waals surface area contributed by atoms with Gasteiger partial charge in [-0.2, -0.15) is 11.1 Å². The maximum absolute atomic E-state index is 13.2. The quantitative estimate of drug-likeness (QED) is 0.320. The third kappa shape index (κ3) is 8.25. The molecule has 30 heavy (non-hydrogen) atoms. The van der Waals surface area contributed by atoms with Crippen LogP contribution in [0.15, 0.2) is 46.9 Å². The van der Waals surface area contributed by atoms with Gasteiger partial charge >= 0.3 is 57.4 Å². The second kappa shape index (κ2) is 14.6. The molecule has 1 saturated heterocycles. The molecule has 2 N–H and O–H groups in total. The Kier molecular flexibility index (Phi) is 13.4. The number of allylic oxidation sites excluding steroid dienone is 4. The van der Waals surface area contributed by atoms with Crippen LogP contribution >= 0.6 is 0 Å². The Bertz CT molecular complexity index is 802. The maximum atomic E-state index is 13.2. The Morgan fingerprint density at radius 2 is 2.07 bits per heavy atom. The number of carbonyl (C=O) groups is 1. The van der Waals surface area contributed by atoms with E-state index in [2.05, 4.69) is 6.08 Å². The molecule has 1 unspecified atom stereocenters. The van der Waals surface area contributed by atoms with Crippen LogP contribution in [-0.2, 0) is 20.5 Å². The summed E-state index contributed by atoms with van der Waals surface area (Å²) in [5, 5.41) is 8.92. The van der Waals surface area contributed by atoms with Crippen LogP contribution in [0.2, 0.25) is 0 Å². The molecule has 1 aromatic rings. The molecular weight excluding hydrogens is 427 g/mol. The molecule has 0 aromatic heterocycles. The van der Waals surface area contributed by atoms with E-state index < -0.39 is 17.0 Å². The third-order valence-electron chi connectivity index (χ3n) is 4.79. The first-order valence-electron chi connectivity index (χ1n) is 9.48. The first kappa shape index (κ1) is 27.6. The number of ether oxygens (including phenoxy) is 1. The van der Waals surface area contributed by atoms with Crippen molar-refractivity contribution in [2.45, 2.75) is 24.2 Å². The number of aliphatic carboxylic acids is 1. The van der Waals surface area contributed by atoms with Crippen LogP contribution in [0.1, 0.15) is 24.8 Å².